The smallest absolute Gasteiger partial charge is 0.257 e. The zero-order valence-electron chi connectivity index (χ0n) is 17.8. The minimum atomic E-state index is -0.620. The van der Waals surface area contributed by atoms with Crippen molar-refractivity contribution in [2.24, 2.45) is 0 Å². The number of benzene rings is 3. The Hall–Kier alpha value is -4.10. The van der Waals surface area contributed by atoms with Gasteiger partial charge in [-0.25, -0.2) is 4.98 Å². The molecule has 0 saturated heterocycles. The van der Waals surface area contributed by atoms with E-state index >= 15 is 0 Å². The Morgan fingerprint density at radius 2 is 1.42 bits per heavy atom. The average Bonchev–Trinajstić information content (AvgIpc) is 3.32. The Balaban J connectivity index is 1.45. The van der Waals surface area contributed by atoms with Crippen LogP contribution < -0.4 is 10.1 Å². The van der Waals surface area contributed by atoms with Crippen LogP contribution in [0.25, 0.3) is 11.3 Å². The number of aromatic nitrogens is 1. The van der Waals surface area contributed by atoms with Crippen molar-refractivity contribution in [1.29, 1.82) is 0 Å². The highest BCUT2D eigenvalue weighted by Gasteiger charge is 2.19. The summed E-state index contributed by atoms with van der Waals surface area (Å²) < 4.78 is 5.65. The molecule has 0 aliphatic rings. The van der Waals surface area contributed by atoms with E-state index in [9.17, 15) is 14.4 Å². The number of ether oxygens (including phenoxy) is 1. The second-order valence-corrected chi connectivity index (χ2v) is 7.88. The first-order chi connectivity index (χ1) is 16.1. The maximum absolute atomic E-state index is 12.6. The third kappa shape index (κ3) is 5.05. The molecule has 0 radical (unpaired) electrons. The molecule has 0 atom stereocenters. The average molecular weight is 457 g/mol. The summed E-state index contributed by atoms with van der Waals surface area (Å²) >= 11 is 1.31. The third-order valence-corrected chi connectivity index (χ3v) is 5.60. The van der Waals surface area contributed by atoms with E-state index < -0.39 is 11.6 Å². The fourth-order valence-electron chi connectivity index (χ4n) is 3.21. The molecule has 1 N–H and O–H groups in total. The van der Waals surface area contributed by atoms with Gasteiger partial charge in [0.1, 0.15) is 5.75 Å². The molecule has 1 aromatic heterocycles. The summed E-state index contributed by atoms with van der Waals surface area (Å²) in [5, 5.41) is 5.07. The molecule has 1 heterocycles. The molecular formula is C26H20N2O4S. The number of nitrogens with one attached hydrogen (secondary N) is 1. The molecule has 0 saturated carbocycles. The minimum absolute atomic E-state index is 0.226. The molecule has 33 heavy (non-hydrogen) atoms. The number of hydrogen-bond donors (Lipinski definition) is 1. The lowest BCUT2D eigenvalue weighted by atomic mass is 10.0. The molecule has 1 amide bonds. The zero-order chi connectivity index (χ0) is 23.2. The van der Waals surface area contributed by atoms with Crippen LogP contribution in [-0.2, 0) is 0 Å². The lowest BCUT2D eigenvalue weighted by molar-refractivity contribution is 0.0817. The van der Waals surface area contributed by atoms with Crippen LogP contribution in [0.4, 0.5) is 5.13 Å². The van der Waals surface area contributed by atoms with Gasteiger partial charge >= 0.3 is 0 Å². The summed E-state index contributed by atoms with van der Waals surface area (Å²) in [7, 11) is 0. The summed E-state index contributed by atoms with van der Waals surface area (Å²) in [6.07, 6.45) is 0. The summed E-state index contributed by atoms with van der Waals surface area (Å²) in [5.41, 5.74) is 2.46. The highest BCUT2D eigenvalue weighted by Crippen LogP contribution is 2.32. The SMILES string of the molecule is CCOc1ccccc1-c1csc(NC(=O)c2ccc(C(=O)C(=O)c3ccccc3)cc2)n1. The van der Waals surface area contributed by atoms with Gasteiger partial charge in [-0.15, -0.1) is 11.3 Å². The van der Waals surface area contributed by atoms with E-state index in [0.717, 1.165) is 11.3 Å². The van der Waals surface area contributed by atoms with Gasteiger partial charge in [-0.3, -0.25) is 19.7 Å². The first-order valence-electron chi connectivity index (χ1n) is 10.3. The molecular weight excluding hydrogens is 436 g/mol. The molecule has 164 valence electrons. The Kier molecular flexibility index (Phi) is 6.71. The van der Waals surface area contributed by atoms with Gasteiger partial charge < -0.3 is 4.74 Å². The van der Waals surface area contributed by atoms with Crippen LogP contribution in [0.2, 0.25) is 0 Å². The Labute approximate surface area is 194 Å². The zero-order valence-corrected chi connectivity index (χ0v) is 18.6. The van der Waals surface area contributed by atoms with E-state index in [-0.39, 0.29) is 11.5 Å². The van der Waals surface area contributed by atoms with Gasteiger partial charge in [0.15, 0.2) is 5.13 Å². The second kappa shape index (κ2) is 10.0. The molecule has 4 aromatic rings. The van der Waals surface area contributed by atoms with Gasteiger partial charge in [0.25, 0.3) is 5.91 Å². The second-order valence-electron chi connectivity index (χ2n) is 7.02. The first-order valence-corrected chi connectivity index (χ1v) is 11.2. The standard InChI is InChI=1S/C26H20N2O4S/c1-2-32-22-11-7-6-10-20(22)21-16-33-26(27-21)28-25(31)19-14-12-18(13-15-19)24(30)23(29)17-8-4-3-5-9-17/h3-16H,2H2,1H3,(H,27,28,31). The van der Waals surface area contributed by atoms with Crippen molar-refractivity contribution in [3.8, 4) is 17.0 Å². The summed E-state index contributed by atoms with van der Waals surface area (Å²) in [4.78, 5) is 41.9. The number of carbonyl (C=O) groups excluding carboxylic acids is 3. The molecule has 0 aliphatic heterocycles. The minimum Gasteiger partial charge on any atom is -0.493 e. The number of amides is 1. The molecule has 3 aromatic carbocycles. The van der Waals surface area contributed by atoms with E-state index in [2.05, 4.69) is 10.3 Å². The maximum atomic E-state index is 12.6. The normalized spacial score (nSPS) is 10.5. The number of anilines is 1. The molecule has 0 aliphatic carbocycles. The molecule has 7 heteroatoms. The molecule has 6 nitrogen and oxygen atoms in total. The van der Waals surface area contributed by atoms with Crippen LogP contribution in [0.3, 0.4) is 0 Å². The van der Waals surface area contributed by atoms with Crippen molar-refractivity contribution in [2.75, 3.05) is 11.9 Å². The van der Waals surface area contributed by atoms with Gasteiger partial charge in [0, 0.05) is 27.6 Å². The lowest BCUT2D eigenvalue weighted by Gasteiger charge is -2.07. The highest BCUT2D eigenvalue weighted by molar-refractivity contribution is 7.14. The van der Waals surface area contributed by atoms with Gasteiger partial charge in [0.05, 0.1) is 12.3 Å². The van der Waals surface area contributed by atoms with Crippen molar-refractivity contribution < 1.29 is 19.1 Å². The Morgan fingerprint density at radius 3 is 2.12 bits per heavy atom. The third-order valence-electron chi connectivity index (χ3n) is 4.84. The van der Waals surface area contributed by atoms with E-state index in [0.29, 0.717) is 28.6 Å². The number of carbonyl (C=O) groups is 3. The number of Topliss-reactive ketones (excluding diaryl/α,β-unsaturated/α-hetero) is 2. The van der Waals surface area contributed by atoms with Crippen molar-refractivity contribution in [3.05, 3.63) is 101 Å². The number of ketones is 2. The van der Waals surface area contributed by atoms with Crippen molar-refractivity contribution >= 4 is 33.9 Å². The van der Waals surface area contributed by atoms with Gasteiger partial charge in [0.2, 0.25) is 11.6 Å². The molecule has 4 rings (SSSR count). The Bertz CT molecular complexity index is 1300. The van der Waals surface area contributed by atoms with Crippen LogP contribution in [0, 0.1) is 0 Å². The largest absolute Gasteiger partial charge is 0.493 e. The van der Waals surface area contributed by atoms with Crippen LogP contribution in [0.15, 0.2) is 84.2 Å². The number of nitrogens with zero attached hydrogens (tertiary/aromatic N) is 1. The van der Waals surface area contributed by atoms with E-state index in [1.807, 2.05) is 36.6 Å². The highest BCUT2D eigenvalue weighted by atomic mass is 32.1. The number of para-hydroxylation sites is 1. The van der Waals surface area contributed by atoms with Gasteiger partial charge in [-0.2, -0.15) is 0 Å². The molecule has 0 spiro atoms. The lowest BCUT2D eigenvalue weighted by Crippen LogP contribution is -2.15. The summed E-state index contributed by atoms with van der Waals surface area (Å²) in [6, 6.07) is 21.9. The van der Waals surface area contributed by atoms with E-state index in [4.69, 9.17) is 4.74 Å². The van der Waals surface area contributed by atoms with Crippen LogP contribution in [0.1, 0.15) is 38.0 Å². The monoisotopic (exact) mass is 456 g/mol. The predicted molar refractivity (Wildman–Crippen MR) is 128 cm³/mol. The molecule has 0 fully saturated rings. The first kappa shape index (κ1) is 22.1. The Morgan fingerprint density at radius 1 is 0.818 bits per heavy atom. The predicted octanol–water partition coefficient (Wildman–Crippen LogP) is 5.53. The fraction of sp³-hybridized carbons (Fsp3) is 0.0769. The van der Waals surface area contributed by atoms with Gasteiger partial charge in [-0.05, 0) is 31.2 Å². The van der Waals surface area contributed by atoms with Crippen molar-refractivity contribution in [3.63, 3.8) is 0 Å². The fourth-order valence-corrected chi connectivity index (χ4v) is 3.91. The molecule has 0 unspecified atom stereocenters. The summed E-state index contributed by atoms with van der Waals surface area (Å²) in [5.74, 6) is -0.836. The van der Waals surface area contributed by atoms with Crippen molar-refractivity contribution in [1.82, 2.24) is 4.98 Å². The van der Waals surface area contributed by atoms with E-state index in [1.54, 1.807) is 30.3 Å². The summed E-state index contributed by atoms with van der Waals surface area (Å²) in [6.45, 7) is 2.46. The number of thiazole rings is 1. The van der Waals surface area contributed by atoms with Crippen LogP contribution >= 0.6 is 11.3 Å². The molecule has 0 bridgehead atoms. The quantitative estimate of drug-likeness (QED) is 0.278. The van der Waals surface area contributed by atoms with E-state index in [1.165, 1.54) is 35.6 Å². The maximum Gasteiger partial charge on any atom is 0.257 e. The van der Waals surface area contributed by atoms with Crippen LogP contribution in [0.5, 0.6) is 5.75 Å². The number of rotatable bonds is 8. The topological polar surface area (TPSA) is 85.4 Å². The van der Waals surface area contributed by atoms with Crippen molar-refractivity contribution in [2.45, 2.75) is 6.92 Å². The van der Waals surface area contributed by atoms with Crippen LogP contribution in [-0.4, -0.2) is 29.1 Å². The van der Waals surface area contributed by atoms with Gasteiger partial charge in [-0.1, -0.05) is 54.6 Å². The number of hydrogen-bond acceptors (Lipinski definition) is 6.